The Kier molecular flexibility index (Phi) is 7.34. The van der Waals surface area contributed by atoms with Crippen LogP contribution < -0.4 is 15.0 Å². The molecule has 0 spiro atoms. The Labute approximate surface area is 118 Å². The van der Waals surface area contributed by atoms with Crippen LogP contribution >= 0.6 is 0 Å². The van der Waals surface area contributed by atoms with Gasteiger partial charge in [0.15, 0.2) is 0 Å². The first-order valence-electron chi connectivity index (χ1n) is 7.20. The number of unbranched alkanes of at least 4 members (excludes halogenated alkanes) is 1. The van der Waals surface area contributed by atoms with E-state index in [1.807, 2.05) is 12.1 Å². The number of rotatable bonds is 9. The van der Waals surface area contributed by atoms with Gasteiger partial charge in [-0.15, -0.1) is 0 Å². The summed E-state index contributed by atoms with van der Waals surface area (Å²) in [5.74, 6) is 1.68. The van der Waals surface area contributed by atoms with E-state index in [-0.39, 0.29) is 0 Å². The highest BCUT2D eigenvalue weighted by atomic mass is 16.5. The van der Waals surface area contributed by atoms with E-state index in [9.17, 15) is 0 Å². The molecule has 0 heterocycles. The smallest absolute Gasteiger partial charge is 0.142 e. The number of ether oxygens (including phenoxy) is 1. The van der Waals surface area contributed by atoms with Crippen molar-refractivity contribution in [2.45, 2.75) is 26.7 Å². The summed E-state index contributed by atoms with van der Waals surface area (Å²) >= 11 is 0. The molecule has 1 rings (SSSR count). The van der Waals surface area contributed by atoms with Crippen LogP contribution in [0.3, 0.4) is 0 Å². The number of benzene rings is 1. The second-order valence-electron chi connectivity index (χ2n) is 5.40. The van der Waals surface area contributed by atoms with E-state index >= 15 is 0 Å². The van der Waals surface area contributed by atoms with Crippen LogP contribution in [-0.2, 0) is 0 Å². The predicted octanol–water partition coefficient (Wildman–Crippen LogP) is 3.16. The SMILES string of the molecule is COc1ccccc1N(C)CCCCNCC(C)C. The average Bonchev–Trinajstić information content (AvgIpc) is 2.42. The van der Waals surface area contributed by atoms with Crippen LogP contribution in [0.4, 0.5) is 5.69 Å². The van der Waals surface area contributed by atoms with Gasteiger partial charge in [0, 0.05) is 13.6 Å². The number of methoxy groups -OCH3 is 1. The van der Waals surface area contributed by atoms with Gasteiger partial charge in [-0.3, -0.25) is 0 Å². The summed E-state index contributed by atoms with van der Waals surface area (Å²) in [6, 6.07) is 8.18. The molecule has 0 fully saturated rings. The Morgan fingerprint density at radius 1 is 1.21 bits per heavy atom. The molecule has 1 aromatic rings. The summed E-state index contributed by atoms with van der Waals surface area (Å²) in [7, 11) is 3.85. The number of hydrogen-bond donors (Lipinski definition) is 1. The molecule has 19 heavy (non-hydrogen) atoms. The molecule has 0 radical (unpaired) electrons. The van der Waals surface area contributed by atoms with Gasteiger partial charge in [0.05, 0.1) is 12.8 Å². The molecule has 0 amide bonds. The number of hydrogen-bond acceptors (Lipinski definition) is 3. The first-order chi connectivity index (χ1) is 9.15. The van der Waals surface area contributed by atoms with E-state index in [1.165, 1.54) is 18.5 Å². The number of para-hydroxylation sites is 2. The quantitative estimate of drug-likeness (QED) is 0.693. The molecule has 0 saturated carbocycles. The zero-order chi connectivity index (χ0) is 14.1. The molecule has 3 nitrogen and oxygen atoms in total. The Hall–Kier alpha value is -1.22. The molecule has 3 heteroatoms. The van der Waals surface area contributed by atoms with Gasteiger partial charge in [0.25, 0.3) is 0 Å². The van der Waals surface area contributed by atoms with Crippen molar-refractivity contribution in [1.29, 1.82) is 0 Å². The number of nitrogens with one attached hydrogen (secondary N) is 1. The van der Waals surface area contributed by atoms with E-state index in [0.29, 0.717) is 0 Å². The van der Waals surface area contributed by atoms with Crippen LogP contribution in [-0.4, -0.2) is 33.8 Å². The Morgan fingerprint density at radius 2 is 1.95 bits per heavy atom. The van der Waals surface area contributed by atoms with Crippen molar-refractivity contribution in [3.63, 3.8) is 0 Å². The molecule has 0 saturated heterocycles. The summed E-state index contributed by atoms with van der Waals surface area (Å²) in [6.07, 6.45) is 2.41. The minimum absolute atomic E-state index is 0.733. The van der Waals surface area contributed by atoms with Gasteiger partial charge in [0.2, 0.25) is 0 Å². The second-order valence-corrected chi connectivity index (χ2v) is 5.40. The summed E-state index contributed by atoms with van der Waals surface area (Å²) in [5.41, 5.74) is 1.17. The van der Waals surface area contributed by atoms with Gasteiger partial charge in [-0.25, -0.2) is 0 Å². The van der Waals surface area contributed by atoms with Gasteiger partial charge in [-0.05, 0) is 44.0 Å². The van der Waals surface area contributed by atoms with E-state index in [1.54, 1.807) is 7.11 Å². The van der Waals surface area contributed by atoms with Gasteiger partial charge in [-0.1, -0.05) is 26.0 Å². The lowest BCUT2D eigenvalue weighted by molar-refractivity contribution is 0.414. The maximum Gasteiger partial charge on any atom is 0.142 e. The minimum atomic E-state index is 0.733. The summed E-state index contributed by atoms with van der Waals surface area (Å²) in [6.45, 7) is 7.76. The third-order valence-corrected chi connectivity index (χ3v) is 3.15. The van der Waals surface area contributed by atoms with Crippen LogP contribution in [0.5, 0.6) is 5.75 Å². The van der Waals surface area contributed by atoms with Gasteiger partial charge >= 0.3 is 0 Å². The van der Waals surface area contributed by atoms with Crippen LogP contribution in [0, 0.1) is 5.92 Å². The molecule has 1 N–H and O–H groups in total. The first kappa shape index (κ1) is 15.8. The van der Waals surface area contributed by atoms with E-state index in [2.05, 4.69) is 43.2 Å². The molecule has 0 aromatic heterocycles. The van der Waals surface area contributed by atoms with Crippen molar-refractivity contribution in [3.05, 3.63) is 24.3 Å². The van der Waals surface area contributed by atoms with Crippen molar-refractivity contribution in [1.82, 2.24) is 5.32 Å². The number of anilines is 1. The molecule has 108 valence electrons. The molecular formula is C16H28N2O. The Morgan fingerprint density at radius 3 is 2.63 bits per heavy atom. The Bertz CT molecular complexity index is 352. The van der Waals surface area contributed by atoms with Gasteiger partial charge < -0.3 is 15.0 Å². The molecular weight excluding hydrogens is 236 g/mol. The van der Waals surface area contributed by atoms with Crippen LogP contribution in [0.2, 0.25) is 0 Å². The third kappa shape index (κ3) is 5.97. The summed E-state index contributed by atoms with van der Waals surface area (Å²) in [5, 5.41) is 3.48. The fraction of sp³-hybridized carbons (Fsp3) is 0.625. The van der Waals surface area contributed by atoms with Crippen LogP contribution in [0.15, 0.2) is 24.3 Å². The molecule has 0 aliphatic heterocycles. The highest BCUT2D eigenvalue weighted by Gasteiger charge is 2.06. The van der Waals surface area contributed by atoms with E-state index in [4.69, 9.17) is 4.74 Å². The van der Waals surface area contributed by atoms with Crippen molar-refractivity contribution in [2.75, 3.05) is 38.7 Å². The highest BCUT2D eigenvalue weighted by Crippen LogP contribution is 2.26. The maximum absolute atomic E-state index is 5.38. The average molecular weight is 264 g/mol. The highest BCUT2D eigenvalue weighted by molar-refractivity contribution is 5.57. The first-order valence-corrected chi connectivity index (χ1v) is 7.20. The topological polar surface area (TPSA) is 24.5 Å². The molecule has 0 unspecified atom stereocenters. The lowest BCUT2D eigenvalue weighted by Gasteiger charge is -2.21. The zero-order valence-electron chi connectivity index (χ0n) is 12.8. The molecule has 0 atom stereocenters. The monoisotopic (exact) mass is 264 g/mol. The second kappa shape index (κ2) is 8.81. The molecule has 0 bridgehead atoms. The lowest BCUT2D eigenvalue weighted by atomic mass is 10.2. The van der Waals surface area contributed by atoms with Crippen molar-refractivity contribution >= 4 is 5.69 Å². The van der Waals surface area contributed by atoms with Crippen molar-refractivity contribution in [3.8, 4) is 5.75 Å². The van der Waals surface area contributed by atoms with E-state index in [0.717, 1.165) is 31.3 Å². The molecule has 1 aromatic carbocycles. The van der Waals surface area contributed by atoms with Crippen molar-refractivity contribution in [2.24, 2.45) is 5.92 Å². The fourth-order valence-corrected chi connectivity index (χ4v) is 2.06. The number of nitrogens with zero attached hydrogens (tertiary/aromatic N) is 1. The largest absolute Gasteiger partial charge is 0.495 e. The summed E-state index contributed by atoms with van der Waals surface area (Å²) < 4.78 is 5.38. The predicted molar refractivity (Wildman–Crippen MR) is 83.2 cm³/mol. The zero-order valence-corrected chi connectivity index (χ0v) is 12.8. The van der Waals surface area contributed by atoms with Crippen LogP contribution in [0.1, 0.15) is 26.7 Å². The van der Waals surface area contributed by atoms with Crippen molar-refractivity contribution < 1.29 is 4.74 Å². The fourth-order valence-electron chi connectivity index (χ4n) is 2.06. The van der Waals surface area contributed by atoms with Gasteiger partial charge in [0.1, 0.15) is 5.75 Å². The van der Waals surface area contributed by atoms with Crippen LogP contribution in [0.25, 0.3) is 0 Å². The van der Waals surface area contributed by atoms with E-state index < -0.39 is 0 Å². The van der Waals surface area contributed by atoms with Gasteiger partial charge in [-0.2, -0.15) is 0 Å². The Balaban J connectivity index is 2.25. The maximum atomic E-state index is 5.38. The lowest BCUT2D eigenvalue weighted by Crippen LogP contribution is -2.23. The molecule has 0 aliphatic carbocycles. The standard InChI is InChI=1S/C16H28N2O/c1-14(2)13-17-11-7-8-12-18(3)15-9-5-6-10-16(15)19-4/h5-6,9-10,14,17H,7-8,11-13H2,1-4H3. The molecule has 0 aliphatic rings. The summed E-state index contributed by atoms with van der Waals surface area (Å²) in [4.78, 5) is 2.27. The third-order valence-electron chi connectivity index (χ3n) is 3.15. The normalized spacial score (nSPS) is 10.8. The minimum Gasteiger partial charge on any atom is -0.495 e.